The molecule has 2 nitrogen and oxygen atoms in total. The summed E-state index contributed by atoms with van der Waals surface area (Å²) in [6.07, 6.45) is 0. The first kappa shape index (κ1) is 41.5. The van der Waals surface area contributed by atoms with Gasteiger partial charge in [-0.3, -0.25) is 0 Å². The van der Waals surface area contributed by atoms with Crippen LogP contribution in [-0.4, -0.2) is 13.9 Å². The second kappa shape index (κ2) is 18.2. The van der Waals surface area contributed by atoms with E-state index in [-0.39, 0.29) is 0 Å². The predicted molar refractivity (Wildman–Crippen MR) is 229 cm³/mol. The van der Waals surface area contributed by atoms with Crippen LogP contribution >= 0.6 is 50.0 Å². The Kier molecular flexibility index (Phi) is 14.8. The molecule has 0 saturated heterocycles. The van der Waals surface area contributed by atoms with Crippen LogP contribution in [0.5, 0.6) is 0 Å². The van der Waals surface area contributed by atoms with Crippen molar-refractivity contribution in [2.75, 3.05) is 0 Å². The van der Waals surface area contributed by atoms with Crippen LogP contribution in [0.1, 0.15) is 33.4 Å². The molecule has 0 bridgehead atoms. The molecular weight excluding hydrogens is 859 g/mol. The molecule has 6 aromatic rings. The summed E-state index contributed by atoms with van der Waals surface area (Å²) in [6.45, 7) is 12.3. The van der Waals surface area contributed by atoms with Crippen molar-refractivity contribution in [3.05, 3.63) is 179 Å². The number of rotatable bonds is 6. The van der Waals surface area contributed by atoms with Gasteiger partial charge in [-0.2, -0.15) is 0 Å². The molecule has 0 atom stereocenters. The number of hydrogen-bond acceptors (Lipinski definition) is 2. The molecule has 0 aliphatic rings. The molecule has 0 heterocycles. The summed E-state index contributed by atoms with van der Waals surface area (Å²) in [6, 6.07) is 48.3. The molecule has 0 fully saturated rings. The van der Waals surface area contributed by atoms with Crippen LogP contribution in [0.15, 0.2) is 146 Å². The zero-order valence-corrected chi connectivity index (χ0v) is 37.2. The van der Waals surface area contributed by atoms with Crippen LogP contribution in [0.2, 0.25) is 0 Å². The summed E-state index contributed by atoms with van der Waals surface area (Å²) in [5.41, 5.74) is 7.05. The van der Waals surface area contributed by atoms with E-state index in [0.717, 1.165) is 31.8 Å². The second-order valence-electron chi connectivity index (χ2n) is 12.7. The molecule has 51 heavy (non-hydrogen) atoms. The van der Waals surface area contributed by atoms with Gasteiger partial charge in [0.25, 0.3) is 0 Å². The quantitative estimate of drug-likeness (QED) is 0.123. The summed E-state index contributed by atoms with van der Waals surface area (Å²) >= 11 is -3.29. The molecule has 0 aromatic heterocycles. The van der Waals surface area contributed by atoms with Gasteiger partial charge in [0.1, 0.15) is 0 Å². The van der Waals surface area contributed by atoms with Crippen molar-refractivity contribution in [2.45, 2.75) is 41.5 Å². The Bertz CT molecular complexity index is 1720. The zero-order valence-electron chi connectivity index (χ0n) is 29.6. The Balaban J connectivity index is 0.000000202. The first-order valence-electron chi connectivity index (χ1n) is 16.4. The molecule has 6 aromatic carbocycles. The van der Waals surface area contributed by atoms with Crippen molar-refractivity contribution in [1.29, 1.82) is 0 Å². The van der Waals surface area contributed by atoms with Crippen LogP contribution in [0.4, 0.5) is 0 Å². The molecule has 264 valence electrons. The molecular formula is C42H42Cl4O2P2Sn. The topological polar surface area (TPSA) is 34.1 Å². The minimum absolute atomic E-state index is 0.885. The van der Waals surface area contributed by atoms with Crippen LogP contribution in [0.3, 0.4) is 0 Å². The van der Waals surface area contributed by atoms with E-state index >= 15 is 0 Å². The van der Waals surface area contributed by atoms with Gasteiger partial charge in [0, 0.05) is 31.8 Å². The fraction of sp³-hybridized carbons (Fsp3) is 0.143. The van der Waals surface area contributed by atoms with Crippen molar-refractivity contribution in [1.82, 2.24) is 0 Å². The Hall–Kier alpha value is -2.26. The van der Waals surface area contributed by atoms with E-state index in [1.54, 1.807) is 0 Å². The third-order valence-corrected chi connectivity index (χ3v) is 14.5. The van der Waals surface area contributed by atoms with E-state index < -0.39 is 28.2 Å². The van der Waals surface area contributed by atoms with Crippen LogP contribution in [0, 0.1) is 41.5 Å². The summed E-state index contributed by atoms with van der Waals surface area (Å²) in [4.78, 5) is 0. The molecule has 0 radical (unpaired) electrons. The molecule has 0 aliphatic heterocycles. The molecule has 0 saturated carbocycles. The monoisotopic (exact) mass is 900 g/mol. The average Bonchev–Trinajstić information content (AvgIpc) is 3.09. The number of hydrogen-bond donors (Lipinski definition) is 0. The maximum absolute atomic E-state index is 14.2. The standard InChI is InChI=1S/2C21H21OP.4ClH.Sn/c2*1-16-4-10-19(11-5-16)23(22,20-12-6-17(2)7-13-20)21-14-8-18(3)9-15-21;;;;;/h2*4-15H,1-3H3;4*1H;/q;;;;;;+4/p-4. The number of halogens is 4. The van der Waals surface area contributed by atoms with Crippen LogP contribution in [0.25, 0.3) is 0 Å². The molecule has 9 heteroatoms. The van der Waals surface area contributed by atoms with Gasteiger partial charge in [-0.1, -0.05) is 179 Å². The Labute approximate surface area is 322 Å². The summed E-state index contributed by atoms with van der Waals surface area (Å²) in [5.74, 6) is 0. The second-order valence-corrected chi connectivity index (χ2v) is 43.6. The fourth-order valence-corrected chi connectivity index (χ4v) is 10.6. The van der Waals surface area contributed by atoms with Gasteiger partial charge in [-0.25, -0.2) is 0 Å². The molecule has 0 amide bonds. The zero-order chi connectivity index (χ0) is 37.4. The van der Waals surface area contributed by atoms with Crippen molar-refractivity contribution < 1.29 is 9.13 Å². The number of benzene rings is 6. The molecule has 0 unspecified atom stereocenters. The summed E-state index contributed by atoms with van der Waals surface area (Å²) < 4.78 is 28.3. The van der Waals surface area contributed by atoms with Gasteiger partial charge < -0.3 is 9.13 Å². The maximum atomic E-state index is 14.2. The van der Waals surface area contributed by atoms with Gasteiger partial charge in [-0.15, -0.1) is 0 Å². The van der Waals surface area contributed by atoms with Crippen molar-refractivity contribution in [3.8, 4) is 0 Å². The summed E-state index contributed by atoms with van der Waals surface area (Å²) in [7, 11) is 14.5. The van der Waals surface area contributed by atoms with Crippen molar-refractivity contribution in [2.24, 2.45) is 0 Å². The van der Waals surface area contributed by atoms with Gasteiger partial charge in [-0.05, 0) is 41.5 Å². The predicted octanol–water partition coefficient (Wildman–Crippen LogP) is 10.9. The van der Waals surface area contributed by atoms with Crippen molar-refractivity contribution >= 4 is 95.7 Å². The Morgan fingerprint density at radius 2 is 0.392 bits per heavy atom. The van der Waals surface area contributed by atoms with Gasteiger partial charge in [0.05, 0.1) is 0 Å². The van der Waals surface area contributed by atoms with Gasteiger partial charge >= 0.3 is 49.6 Å². The van der Waals surface area contributed by atoms with E-state index in [1.807, 2.05) is 187 Å². The SMILES string of the molecule is Cc1ccc(P(=O)(c2ccc(C)cc2)c2ccc(C)cc2)cc1.Cc1ccc(P(=O)(c2ccc(C)cc2)c2ccc(C)cc2)cc1.[Cl][Sn]([Cl])([Cl])[Cl]. The Morgan fingerprint density at radius 3 is 0.490 bits per heavy atom. The third kappa shape index (κ3) is 11.4. The van der Waals surface area contributed by atoms with E-state index in [1.165, 1.54) is 33.4 Å². The Morgan fingerprint density at radius 1 is 0.294 bits per heavy atom. The first-order valence-corrected chi connectivity index (χ1v) is 34.3. The average molecular weight is 901 g/mol. The van der Waals surface area contributed by atoms with Crippen LogP contribution < -0.4 is 31.8 Å². The van der Waals surface area contributed by atoms with Crippen molar-refractivity contribution in [3.63, 3.8) is 0 Å². The van der Waals surface area contributed by atoms with E-state index in [0.29, 0.717) is 0 Å². The first-order chi connectivity index (χ1) is 24.0. The van der Waals surface area contributed by atoms with E-state index in [4.69, 9.17) is 35.7 Å². The third-order valence-electron chi connectivity index (χ3n) is 8.39. The minimum atomic E-state index is -3.29. The fourth-order valence-electron chi connectivity index (χ4n) is 5.42. The summed E-state index contributed by atoms with van der Waals surface area (Å²) in [5, 5.41) is 5.31. The molecule has 0 N–H and O–H groups in total. The van der Waals surface area contributed by atoms with E-state index in [2.05, 4.69) is 0 Å². The van der Waals surface area contributed by atoms with E-state index in [9.17, 15) is 9.13 Å². The molecule has 0 aliphatic carbocycles. The molecule has 0 spiro atoms. The van der Waals surface area contributed by atoms with Crippen LogP contribution in [-0.2, 0) is 9.13 Å². The molecule has 6 rings (SSSR count). The van der Waals surface area contributed by atoms with Gasteiger partial charge in [0.15, 0.2) is 14.3 Å². The van der Waals surface area contributed by atoms with Gasteiger partial charge in [0.2, 0.25) is 0 Å². The normalized spacial score (nSPS) is 11.5. The number of aryl methyl sites for hydroxylation is 6.